The highest BCUT2D eigenvalue weighted by Crippen LogP contribution is 2.36. The van der Waals surface area contributed by atoms with Crippen LogP contribution in [0.1, 0.15) is 35.6 Å². The van der Waals surface area contributed by atoms with Crippen molar-refractivity contribution >= 4 is 29.3 Å². The van der Waals surface area contributed by atoms with Crippen molar-refractivity contribution in [1.29, 1.82) is 0 Å². The Labute approximate surface area is 172 Å². The lowest BCUT2D eigenvalue weighted by atomic mass is 9.87. The van der Waals surface area contributed by atoms with Gasteiger partial charge in [0.05, 0.1) is 10.5 Å². The summed E-state index contributed by atoms with van der Waals surface area (Å²) in [6.45, 7) is -0.531. The number of sulfonamides is 1. The Balaban J connectivity index is 1.92. The molecule has 0 aliphatic heterocycles. The minimum Gasteiger partial charge on any atom is -0.482 e. The number of carboxylic acid groups (broad SMARTS) is 1. The molecular formula is C19H19BF3NO5S. The van der Waals surface area contributed by atoms with Crippen molar-refractivity contribution in [3.05, 3.63) is 53.1 Å². The van der Waals surface area contributed by atoms with Crippen LogP contribution in [0.5, 0.6) is 5.75 Å². The predicted octanol–water partition coefficient (Wildman–Crippen LogP) is 1.78. The molecule has 0 amide bonds. The molecule has 11 heteroatoms. The number of hydrogen-bond donors (Lipinski definition) is 2. The van der Waals surface area contributed by atoms with Gasteiger partial charge in [0.2, 0.25) is 10.0 Å². The fraction of sp³-hybridized carbons (Fsp3) is 0.316. The van der Waals surface area contributed by atoms with Crippen LogP contribution in [0.15, 0.2) is 41.3 Å². The molecule has 0 spiro atoms. The molecule has 30 heavy (non-hydrogen) atoms. The van der Waals surface area contributed by atoms with Gasteiger partial charge in [-0.25, -0.2) is 17.9 Å². The second-order valence-corrected chi connectivity index (χ2v) is 8.82. The van der Waals surface area contributed by atoms with Crippen molar-refractivity contribution in [3.63, 3.8) is 0 Å². The molecule has 0 bridgehead atoms. The Morgan fingerprint density at radius 2 is 2.00 bits per heavy atom. The number of nitrogens with one attached hydrogen (secondary N) is 1. The van der Waals surface area contributed by atoms with E-state index in [9.17, 15) is 26.4 Å². The van der Waals surface area contributed by atoms with Gasteiger partial charge >= 0.3 is 12.1 Å². The Morgan fingerprint density at radius 1 is 1.27 bits per heavy atom. The summed E-state index contributed by atoms with van der Waals surface area (Å²) in [6, 6.07) is 6.96. The number of halogens is 3. The van der Waals surface area contributed by atoms with E-state index in [2.05, 4.69) is 4.72 Å². The Morgan fingerprint density at radius 3 is 2.67 bits per heavy atom. The lowest BCUT2D eigenvalue weighted by molar-refractivity contribution is -0.139. The van der Waals surface area contributed by atoms with Crippen molar-refractivity contribution in [2.45, 2.75) is 36.4 Å². The van der Waals surface area contributed by atoms with E-state index >= 15 is 0 Å². The summed E-state index contributed by atoms with van der Waals surface area (Å²) in [7, 11) is -2.83. The molecule has 0 heterocycles. The maximum absolute atomic E-state index is 13.1. The number of hydrogen-bond acceptors (Lipinski definition) is 4. The summed E-state index contributed by atoms with van der Waals surface area (Å²) < 4.78 is 72.8. The summed E-state index contributed by atoms with van der Waals surface area (Å²) in [5, 5.41) is 8.82. The van der Waals surface area contributed by atoms with Crippen LogP contribution in [0, 0.1) is 0 Å². The SMILES string of the molecule is Bc1cc(C(F)(F)F)cc(S(=O)(=O)N[C@@H]2CCCc3c(OCC(=O)O)cccc32)c1. The lowest BCUT2D eigenvalue weighted by Gasteiger charge is -2.28. The van der Waals surface area contributed by atoms with Gasteiger partial charge in [-0.2, -0.15) is 13.2 Å². The standard InChI is InChI=1S/C19H19BF3NO5S/c20-12-7-11(19(21,22)23)8-13(9-12)30(27,28)24-16-5-1-4-15-14(16)3-2-6-17(15)29-10-18(25)26/h2-3,6-9,16,24H,1,4-5,10,20H2,(H,25,26)/t16-/m1/s1. The Bertz CT molecular complexity index is 1070. The zero-order valence-corrected chi connectivity index (χ0v) is 16.8. The minimum absolute atomic E-state index is 0.179. The lowest BCUT2D eigenvalue weighted by Crippen LogP contribution is -2.32. The van der Waals surface area contributed by atoms with E-state index in [-0.39, 0.29) is 5.46 Å². The van der Waals surface area contributed by atoms with Crippen LogP contribution in [0.25, 0.3) is 0 Å². The number of aliphatic carboxylic acids is 1. The Hall–Kier alpha value is -2.53. The van der Waals surface area contributed by atoms with Gasteiger partial charge < -0.3 is 9.84 Å². The molecule has 0 fully saturated rings. The normalized spacial score (nSPS) is 16.7. The van der Waals surface area contributed by atoms with Crippen molar-refractivity contribution in [2.24, 2.45) is 0 Å². The van der Waals surface area contributed by atoms with Gasteiger partial charge in [0, 0.05) is 6.04 Å². The molecule has 1 aliphatic carbocycles. The van der Waals surface area contributed by atoms with Gasteiger partial charge in [-0.1, -0.05) is 23.7 Å². The molecule has 0 unspecified atom stereocenters. The van der Waals surface area contributed by atoms with Gasteiger partial charge in [0.1, 0.15) is 13.6 Å². The largest absolute Gasteiger partial charge is 0.482 e. The quantitative estimate of drug-likeness (QED) is 0.667. The van der Waals surface area contributed by atoms with E-state index in [1.807, 2.05) is 0 Å². The number of rotatable bonds is 6. The van der Waals surface area contributed by atoms with E-state index in [1.165, 1.54) is 13.9 Å². The average molecular weight is 441 g/mol. The molecule has 0 radical (unpaired) electrons. The third-order valence-corrected chi connectivity index (χ3v) is 6.25. The molecule has 0 aromatic heterocycles. The summed E-state index contributed by atoms with van der Waals surface area (Å²) in [5.41, 5.74) is 0.462. The van der Waals surface area contributed by atoms with Gasteiger partial charge in [-0.05, 0) is 48.6 Å². The van der Waals surface area contributed by atoms with Gasteiger partial charge in [-0.3, -0.25) is 0 Å². The smallest absolute Gasteiger partial charge is 0.416 e. The van der Waals surface area contributed by atoms with E-state index in [1.54, 1.807) is 18.2 Å². The maximum Gasteiger partial charge on any atom is 0.416 e. The number of benzene rings is 2. The number of carbonyl (C=O) groups is 1. The molecule has 3 rings (SSSR count). The fourth-order valence-corrected chi connectivity index (χ4v) is 4.91. The molecule has 2 aromatic rings. The summed E-state index contributed by atoms with van der Waals surface area (Å²) in [4.78, 5) is 10.3. The van der Waals surface area contributed by atoms with E-state index < -0.39 is 45.3 Å². The second kappa shape index (κ2) is 8.31. The first-order valence-electron chi connectivity index (χ1n) is 9.15. The van der Waals surface area contributed by atoms with Gasteiger partial charge in [0.25, 0.3) is 0 Å². The fourth-order valence-electron chi connectivity index (χ4n) is 3.53. The minimum atomic E-state index is -4.66. The molecule has 2 N–H and O–H groups in total. The van der Waals surface area contributed by atoms with Crippen LogP contribution in [-0.4, -0.2) is 33.9 Å². The van der Waals surface area contributed by atoms with Crippen LogP contribution in [0.2, 0.25) is 0 Å². The maximum atomic E-state index is 13.1. The van der Waals surface area contributed by atoms with Crippen LogP contribution >= 0.6 is 0 Å². The van der Waals surface area contributed by atoms with E-state index in [0.717, 1.165) is 6.07 Å². The highest BCUT2D eigenvalue weighted by Gasteiger charge is 2.33. The van der Waals surface area contributed by atoms with Crippen LogP contribution in [0.3, 0.4) is 0 Å². The first-order valence-corrected chi connectivity index (χ1v) is 10.6. The van der Waals surface area contributed by atoms with Crippen LogP contribution in [0.4, 0.5) is 13.2 Å². The summed E-state index contributed by atoms with van der Waals surface area (Å²) in [5.74, 6) is -0.783. The third-order valence-electron chi connectivity index (χ3n) is 4.80. The molecule has 160 valence electrons. The highest BCUT2D eigenvalue weighted by atomic mass is 32.2. The summed E-state index contributed by atoms with van der Waals surface area (Å²) >= 11 is 0. The molecule has 0 saturated carbocycles. The number of ether oxygens (including phenoxy) is 1. The molecule has 0 saturated heterocycles. The molecular weight excluding hydrogens is 422 g/mol. The molecule has 1 atom stereocenters. The van der Waals surface area contributed by atoms with Crippen molar-refractivity contribution in [2.75, 3.05) is 6.61 Å². The molecule has 6 nitrogen and oxygen atoms in total. The monoisotopic (exact) mass is 441 g/mol. The topological polar surface area (TPSA) is 92.7 Å². The van der Waals surface area contributed by atoms with E-state index in [0.29, 0.717) is 42.2 Å². The Kier molecular flexibility index (Phi) is 6.14. The van der Waals surface area contributed by atoms with Crippen molar-refractivity contribution < 1.29 is 36.2 Å². The van der Waals surface area contributed by atoms with Crippen LogP contribution in [-0.2, 0) is 27.4 Å². The number of carboxylic acids is 1. The van der Waals surface area contributed by atoms with Gasteiger partial charge in [-0.15, -0.1) is 0 Å². The van der Waals surface area contributed by atoms with E-state index in [4.69, 9.17) is 9.84 Å². The second-order valence-electron chi connectivity index (χ2n) is 7.10. The first kappa shape index (κ1) is 22.2. The summed E-state index contributed by atoms with van der Waals surface area (Å²) in [6.07, 6.45) is -3.03. The predicted molar refractivity (Wildman–Crippen MR) is 105 cm³/mol. The molecule has 2 aromatic carbocycles. The zero-order valence-electron chi connectivity index (χ0n) is 16.0. The van der Waals surface area contributed by atoms with Gasteiger partial charge in [0.15, 0.2) is 6.61 Å². The van der Waals surface area contributed by atoms with Crippen molar-refractivity contribution in [1.82, 2.24) is 4.72 Å². The average Bonchev–Trinajstić information content (AvgIpc) is 2.65. The first-order chi connectivity index (χ1) is 14.0. The zero-order chi connectivity index (χ0) is 22.1. The number of alkyl halides is 3. The van der Waals surface area contributed by atoms with Crippen LogP contribution < -0.4 is 14.9 Å². The van der Waals surface area contributed by atoms with Crippen molar-refractivity contribution in [3.8, 4) is 5.75 Å². The molecule has 1 aliphatic rings. The number of fused-ring (bicyclic) bond motifs is 1. The highest BCUT2D eigenvalue weighted by molar-refractivity contribution is 7.89. The third kappa shape index (κ3) is 4.96.